The predicted molar refractivity (Wildman–Crippen MR) is 123 cm³/mol. The number of hydrogen-bond acceptors (Lipinski definition) is 4. The largest absolute Gasteiger partial charge is 0.465 e. The van der Waals surface area contributed by atoms with E-state index in [4.69, 9.17) is 21.3 Å². The maximum absolute atomic E-state index is 12.5. The van der Waals surface area contributed by atoms with Gasteiger partial charge < -0.3 is 9.64 Å². The van der Waals surface area contributed by atoms with Crippen LogP contribution in [0.1, 0.15) is 29.7 Å². The highest BCUT2D eigenvalue weighted by Gasteiger charge is 2.33. The minimum absolute atomic E-state index is 0.0841. The fourth-order valence-electron chi connectivity index (χ4n) is 3.65. The molecule has 1 unspecified atom stereocenters. The maximum atomic E-state index is 12.5. The molecule has 0 amide bonds. The molecular weight excluding hydrogens is 464 g/mol. The molecule has 30 heavy (non-hydrogen) atoms. The Bertz CT molecular complexity index is 1080. The molecule has 4 rings (SSSR count). The van der Waals surface area contributed by atoms with Gasteiger partial charge in [-0.15, -0.1) is 0 Å². The Kier molecular flexibility index (Phi) is 6.21. The van der Waals surface area contributed by atoms with Crippen LogP contribution >= 0.6 is 27.5 Å². The van der Waals surface area contributed by atoms with E-state index in [2.05, 4.69) is 34.1 Å². The monoisotopic (exact) mass is 482 g/mol. The van der Waals surface area contributed by atoms with Crippen molar-refractivity contribution in [1.29, 1.82) is 0 Å². The number of carbonyl (C=O) groups excluding carboxylic acids is 1. The highest BCUT2D eigenvalue weighted by Crippen LogP contribution is 2.41. The zero-order valence-electron chi connectivity index (χ0n) is 16.4. The minimum Gasteiger partial charge on any atom is -0.465 e. The summed E-state index contributed by atoms with van der Waals surface area (Å²) in [6, 6.07) is 23.5. The molecule has 0 spiro atoms. The number of nitrogens with zero attached hydrogens (tertiary/aromatic N) is 2. The van der Waals surface area contributed by atoms with Gasteiger partial charge in [-0.1, -0.05) is 57.9 Å². The molecule has 1 heterocycles. The summed E-state index contributed by atoms with van der Waals surface area (Å²) in [5.74, 6) is 0.418. The van der Waals surface area contributed by atoms with Crippen LogP contribution in [-0.2, 0) is 9.53 Å². The summed E-state index contributed by atoms with van der Waals surface area (Å²) in [6.45, 7) is 2.22. The molecule has 6 heteroatoms. The van der Waals surface area contributed by atoms with Crippen molar-refractivity contribution in [2.24, 2.45) is 4.99 Å². The van der Waals surface area contributed by atoms with Gasteiger partial charge in [0.1, 0.15) is 12.4 Å². The lowest BCUT2D eigenvalue weighted by Crippen LogP contribution is -2.42. The molecule has 1 aliphatic rings. The van der Waals surface area contributed by atoms with Crippen LogP contribution in [0.4, 0.5) is 5.69 Å². The van der Waals surface area contributed by atoms with Gasteiger partial charge in [0.2, 0.25) is 0 Å². The van der Waals surface area contributed by atoms with E-state index in [9.17, 15) is 4.79 Å². The Morgan fingerprint density at radius 3 is 2.53 bits per heavy atom. The number of benzene rings is 3. The second-order valence-corrected chi connectivity index (χ2v) is 8.24. The van der Waals surface area contributed by atoms with E-state index >= 15 is 0 Å². The number of ether oxygens (including phenoxy) is 1. The van der Waals surface area contributed by atoms with Crippen molar-refractivity contribution in [2.45, 2.75) is 13.0 Å². The number of fused-ring (bicyclic) bond motifs is 1. The molecule has 0 bridgehead atoms. The minimum atomic E-state index is -0.293. The highest BCUT2D eigenvalue weighted by molar-refractivity contribution is 9.10. The molecule has 3 aromatic rings. The summed E-state index contributed by atoms with van der Waals surface area (Å²) in [6.07, 6.45) is 0. The highest BCUT2D eigenvalue weighted by atomic mass is 79.9. The fraction of sp³-hybridized carbons (Fsp3) is 0.167. The SMILES string of the molecule is CCOC(=O)CN1C(c2ccc(Cl)cc2)=Nc2ccc(Br)cc2C1c1ccccc1. The number of esters is 1. The lowest BCUT2D eigenvalue weighted by Gasteiger charge is -2.38. The van der Waals surface area contributed by atoms with Crippen LogP contribution in [0, 0.1) is 0 Å². The maximum Gasteiger partial charge on any atom is 0.325 e. The van der Waals surface area contributed by atoms with Crippen LogP contribution < -0.4 is 0 Å². The van der Waals surface area contributed by atoms with Gasteiger partial charge in [-0.2, -0.15) is 0 Å². The Labute approximate surface area is 189 Å². The second kappa shape index (κ2) is 9.02. The van der Waals surface area contributed by atoms with Crippen molar-refractivity contribution in [3.8, 4) is 0 Å². The number of hydrogen-bond donors (Lipinski definition) is 0. The van der Waals surface area contributed by atoms with Crippen molar-refractivity contribution < 1.29 is 9.53 Å². The number of carbonyl (C=O) groups is 1. The smallest absolute Gasteiger partial charge is 0.325 e. The van der Waals surface area contributed by atoms with Gasteiger partial charge in [0, 0.05) is 20.6 Å². The quantitative estimate of drug-likeness (QED) is 0.409. The van der Waals surface area contributed by atoms with Crippen LogP contribution in [0.5, 0.6) is 0 Å². The zero-order chi connectivity index (χ0) is 21.1. The molecule has 0 N–H and O–H groups in total. The molecule has 0 saturated heterocycles. The van der Waals surface area contributed by atoms with Crippen molar-refractivity contribution in [2.75, 3.05) is 13.2 Å². The first-order valence-electron chi connectivity index (χ1n) is 9.68. The standard InChI is InChI=1S/C24H20BrClN2O2/c1-2-30-22(29)15-28-23(16-6-4-3-5-7-16)20-14-18(25)10-13-21(20)27-24(28)17-8-11-19(26)12-9-17/h3-14,23H,2,15H2,1H3. The first kappa shape index (κ1) is 20.6. The second-order valence-electron chi connectivity index (χ2n) is 6.89. The predicted octanol–water partition coefficient (Wildman–Crippen LogP) is 6.15. The fourth-order valence-corrected chi connectivity index (χ4v) is 4.16. The number of halogens is 2. The Balaban J connectivity index is 1.91. The third-order valence-corrected chi connectivity index (χ3v) is 5.66. The summed E-state index contributed by atoms with van der Waals surface area (Å²) in [5, 5.41) is 0.649. The molecule has 0 aromatic heterocycles. The molecule has 4 nitrogen and oxygen atoms in total. The first-order valence-corrected chi connectivity index (χ1v) is 10.8. The normalized spacial score (nSPS) is 15.4. The molecule has 1 aliphatic heterocycles. The summed E-state index contributed by atoms with van der Waals surface area (Å²) in [7, 11) is 0. The Morgan fingerprint density at radius 1 is 1.10 bits per heavy atom. The molecule has 1 atom stereocenters. The molecule has 0 aliphatic carbocycles. The lowest BCUT2D eigenvalue weighted by atomic mass is 9.93. The van der Waals surface area contributed by atoms with Gasteiger partial charge in [0.15, 0.2) is 0 Å². The van der Waals surface area contributed by atoms with Gasteiger partial charge >= 0.3 is 5.97 Å². The van der Waals surface area contributed by atoms with Gasteiger partial charge in [-0.05, 0) is 55.0 Å². The molecule has 0 fully saturated rings. The van der Waals surface area contributed by atoms with E-state index in [0.717, 1.165) is 26.9 Å². The Hall–Kier alpha value is -2.63. The molecule has 152 valence electrons. The van der Waals surface area contributed by atoms with E-state index in [1.165, 1.54) is 0 Å². The molecular formula is C24H20BrClN2O2. The summed E-state index contributed by atoms with van der Waals surface area (Å²) in [5.41, 5.74) is 3.86. The van der Waals surface area contributed by atoms with Gasteiger partial charge in [0.05, 0.1) is 18.3 Å². The summed E-state index contributed by atoms with van der Waals surface area (Å²) in [4.78, 5) is 19.5. The van der Waals surface area contributed by atoms with E-state index < -0.39 is 0 Å². The van der Waals surface area contributed by atoms with Crippen molar-refractivity contribution in [3.63, 3.8) is 0 Å². The van der Waals surface area contributed by atoms with Gasteiger partial charge in [-0.25, -0.2) is 4.99 Å². The zero-order valence-corrected chi connectivity index (χ0v) is 18.7. The number of aliphatic imine (C=N–C) groups is 1. The van der Waals surface area contributed by atoms with E-state index in [0.29, 0.717) is 17.5 Å². The lowest BCUT2D eigenvalue weighted by molar-refractivity contribution is -0.143. The first-order chi connectivity index (χ1) is 14.6. The van der Waals surface area contributed by atoms with Crippen LogP contribution in [0.15, 0.2) is 82.3 Å². The van der Waals surface area contributed by atoms with Crippen LogP contribution in [0.3, 0.4) is 0 Å². The van der Waals surface area contributed by atoms with Gasteiger partial charge in [-0.3, -0.25) is 4.79 Å². The topological polar surface area (TPSA) is 41.9 Å². The van der Waals surface area contributed by atoms with Crippen molar-refractivity contribution >= 4 is 45.0 Å². The Morgan fingerprint density at radius 2 is 1.83 bits per heavy atom. The third-order valence-electron chi connectivity index (χ3n) is 4.92. The molecule has 3 aromatic carbocycles. The third kappa shape index (κ3) is 4.27. The average molecular weight is 484 g/mol. The molecule has 0 saturated carbocycles. The van der Waals surface area contributed by atoms with Crippen LogP contribution in [0.25, 0.3) is 0 Å². The number of amidine groups is 1. The summed E-state index contributed by atoms with van der Waals surface area (Å²) >= 11 is 9.68. The van der Waals surface area contributed by atoms with Crippen LogP contribution in [0.2, 0.25) is 5.02 Å². The van der Waals surface area contributed by atoms with E-state index in [1.54, 1.807) is 0 Å². The van der Waals surface area contributed by atoms with Crippen molar-refractivity contribution in [1.82, 2.24) is 4.90 Å². The average Bonchev–Trinajstić information content (AvgIpc) is 2.75. The molecule has 0 radical (unpaired) electrons. The van der Waals surface area contributed by atoms with Crippen LogP contribution in [-0.4, -0.2) is 29.9 Å². The van der Waals surface area contributed by atoms with Gasteiger partial charge in [0.25, 0.3) is 0 Å². The van der Waals surface area contributed by atoms with E-state index in [-0.39, 0.29) is 18.6 Å². The number of rotatable bonds is 5. The van der Waals surface area contributed by atoms with E-state index in [1.807, 2.05) is 66.4 Å². The van der Waals surface area contributed by atoms with Crippen molar-refractivity contribution in [3.05, 3.63) is 99.0 Å². The summed E-state index contributed by atoms with van der Waals surface area (Å²) < 4.78 is 6.24.